The number of rotatable bonds is 3. The van der Waals surface area contributed by atoms with E-state index in [1.54, 1.807) is 0 Å². The van der Waals surface area contributed by atoms with Crippen LogP contribution in [0, 0.1) is 11.7 Å². The summed E-state index contributed by atoms with van der Waals surface area (Å²) in [6.07, 6.45) is 2.43. The van der Waals surface area contributed by atoms with E-state index in [0.29, 0.717) is 19.3 Å². The number of halogens is 1. The number of carboxylic acids is 1. The van der Waals surface area contributed by atoms with Crippen molar-refractivity contribution in [2.45, 2.75) is 31.7 Å². The van der Waals surface area contributed by atoms with Crippen LogP contribution in [0.2, 0.25) is 0 Å². The third-order valence-corrected chi connectivity index (χ3v) is 3.56. The molecule has 0 spiro atoms. The van der Waals surface area contributed by atoms with Crippen LogP contribution in [0.3, 0.4) is 0 Å². The van der Waals surface area contributed by atoms with E-state index >= 15 is 0 Å². The number of aliphatic carboxylic acids is 1. The maximum Gasteiger partial charge on any atom is 0.306 e. The SMILES string of the molecule is O=C(NC1CCCC(C(=O)O)C1)c1ccc(F)cc1O. The fraction of sp³-hybridized carbons (Fsp3) is 0.429. The van der Waals surface area contributed by atoms with E-state index in [1.165, 1.54) is 6.07 Å². The average Bonchev–Trinajstić information content (AvgIpc) is 2.38. The van der Waals surface area contributed by atoms with Crippen molar-refractivity contribution in [1.82, 2.24) is 5.32 Å². The minimum absolute atomic E-state index is 0.0103. The van der Waals surface area contributed by atoms with Crippen molar-refractivity contribution in [3.63, 3.8) is 0 Å². The van der Waals surface area contributed by atoms with Gasteiger partial charge in [-0.2, -0.15) is 0 Å². The zero-order chi connectivity index (χ0) is 14.7. The molecule has 5 nitrogen and oxygen atoms in total. The zero-order valence-corrected chi connectivity index (χ0v) is 10.8. The Labute approximate surface area is 115 Å². The zero-order valence-electron chi connectivity index (χ0n) is 10.8. The summed E-state index contributed by atoms with van der Waals surface area (Å²) in [7, 11) is 0. The fourth-order valence-corrected chi connectivity index (χ4v) is 2.51. The van der Waals surface area contributed by atoms with Crippen molar-refractivity contribution >= 4 is 11.9 Å². The van der Waals surface area contributed by atoms with E-state index in [1.807, 2.05) is 0 Å². The van der Waals surface area contributed by atoms with Crippen LogP contribution < -0.4 is 5.32 Å². The van der Waals surface area contributed by atoms with E-state index in [-0.39, 0.29) is 11.6 Å². The average molecular weight is 281 g/mol. The normalized spacial score (nSPS) is 22.2. The summed E-state index contributed by atoms with van der Waals surface area (Å²) < 4.78 is 12.9. The maximum atomic E-state index is 12.9. The van der Waals surface area contributed by atoms with Gasteiger partial charge in [-0.15, -0.1) is 0 Å². The molecular weight excluding hydrogens is 265 g/mol. The number of carbonyl (C=O) groups is 2. The van der Waals surface area contributed by atoms with Crippen LogP contribution >= 0.6 is 0 Å². The third-order valence-electron chi connectivity index (χ3n) is 3.56. The second-order valence-electron chi connectivity index (χ2n) is 5.03. The van der Waals surface area contributed by atoms with E-state index in [0.717, 1.165) is 18.6 Å². The summed E-state index contributed by atoms with van der Waals surface area (Å²) >= 11 is 0. The lowest BCUT2D eigenvalue weighted by Gasteiger charge is -2.27. The van der Waals surface area contributed by atoms with Crippen LogP contribution in [0.15, 0.2) is 18.2 Å². The van der Waals surface area contributed by atoms with Gasteiger partial charge in [-0.1, -0.05) is 6.42 Å². The van der Waals surface area contributed by atoms with Crippen molar-refractivity contribution in [2.75, 3.05) is 0 Å². The predicted molar refractivity (Wildman–Crippen MR) is 68.9 cm³/mol. The number of hydrogen-bond acceptors (Lipinski definition) is 3. The first-order valence-electron chi connectivity index (χ1n) is 6.49. The first kappa shape index (κ1) is 14.3. The highest BCUT2D eigenvalue weighted by Crippen LogP contribution is 2.25. The molecule has 0 aliphatic heterocycles. The molecule has 0 radical (unpaired) electrons. The molecule has 1 fully saturated rings. The van der Waals surface area contributed by atoms with Crippen LogP contribution in [-0.4, -0.2) is 28.1 Å². The summed E-state index contributed by atoms with van der Waals surface area (Å²) in [4.78, 5) is 22.9. The first-order valence-corrected chi connectivity index (χ1v) is 6.49. The Morgan fingerprint density at radius 1 is 1.30 bits per heavy atom. The Kier molecular flexibility index (Phi) is 4.22. The van der Waals surface area contributed by atoms with Gasteiger partial charge < -0.3 is 15.5 Å². The summed E-state index contributed by atoms with van der Waals surface area (Å²) in [5.74, 6) is -2.86. The standard InChI is InChI=1S/C14H16FNO4/c15-9-4-5-11(12(17)7-9)13(18)16-10-3-1-2-8(6-10)14(19)20/h4-5,7-8,10,17H,1-3,6H2,(H,16,18)(H,19,20). The molecule has 0 heterocycles. The Morgan fingerprint density at radius 3 is 2.70 bits per heavy atom. The quantitative estimate of drug-likeness (QED) is 0.789. The summed E-state index contributed by atoms with van der Waals surface area (Å²) in [5, 5.41) is 21.2. The van der Waals surface area contributed by atoms with Gasteiger partial charge in [0.15, 0.2) is 0 Å². The highest BCUT2D eigenvalue weighted by molar-refractivity contribution is 5.97. The second-order valence-corrected chi connectivity index (χ2v) is 5.03. The largest absolute Gasteiger partial charge is 0.507 e. The topological polar surface area (TPSA) is 86.6 Å². The van der Waals surface area contributed by atoms with Gasteiger partial charge in [0, 0.05) is 12.1 Å². The molecule has 2 rings (SSSR count). The molecule has 2 atom stereocenters. The molecule has 20 heavy (non-hydrogen) atoms. The number of phenols is 1. The Hall–Kier alpha value is -2.11. The van der Waals surface area contributed by atoms with Gasteiger partial charge in [0.05, 0.1) is 11.5 Å². The van der Waals surface area contributed by atoms with Crippen molar-refractivity contribution in [3.05, 3.63) is 29.6 Å². The van der Waals surface area contributed by atoms with Gasteiger partial charge in [0.1, 0.15) is 11.6 Å². The fourth-order valence-electron chi connectivity index (χ4n) is 2.51. The molecule has 2 unspecified atom stereocenters. The number of benzene rings is 1. The van der Waals surface area contributed by atoms with Crippen LogP contribution in [0.5, 0.6) is 5.75 Å². The number of carboxylic acid groups (broad SMARTS) is 1. The highest BCUT2D eigenvalue weighted by atomic mass is 19.1. The number of phenolic OH excluding ortho intramolecular Hbond substituents is 1. The lowest BCUT2D eigenvalue weighted by Crippen LogP contribution is -2.39. The predicted octanol–water partition coefficient (Wildman–Crippen LogP) is 1.90. The molecule has 3 N–H and O–H groups in total. The lowest BCUT2D eigenvalue weighted by molar-refractivity contribution is -0.143. The maximum absolute atomic E-state index is 12.9. The third kappa shape index (κ3) is 3.26. The number of aromatic hydroxyl groups is 1. The monoisotopic (exact) mass is 281 g/mol. The molecule has 0 aromatic heterocycles. The van der Waals surface area contributed by atoms with Crippen LogP contribution in [0.25, 0.3) is 0 Å². The highest BCUT2D eigenvalue weighted by Gasteiger charge is 2.28. The van der Waals surface area contributed by atoms with Gasteiger partial charge in [-0.3, -0.25) is 9.59 Å². The van der Waals surface area contributed by atoms with Crippen molar-refractivity contribution < 1.29 is 24.2 Å². The smallest absolute Gasteiger partial charge is 0.306 e. The molecule has 1 aliphatic carbocycles. The molecule has 1 aromatic rings. The van der Waals surface area contributed by atoms with Crippen molar-refractivity contribution in [1.29, 1.82) is 0 Å². The molecule has 1 aliphatic rings. The van der Waals surface area contributed by atoms with E-state index in [2.05, 4.69) is 5.32 Å². The van der Waals surface area contributed by atoms with Gasteiger partial charge >= 0.3 is 5.97 Å². The number of nitrogens with one attached hydrogen (secondary N) is 1. The van der Waals surface area contributed by atoms with Crippen LogP contribution in [0.4, 0.5) is 4.39 Å². The lowest BCUT2D eigenvalue weighted by atomic mass is 9.85. The second kappa shape index (κ2) is 5.90. The Balaban J connectivity index is 2.02. The minimum Gasteiger partial charge on any atom is -0.507 e. The summed E-state index contributed by atoms with van der Waals surface area (Å²) in [6, 6.07) is 2.94. The Bertz CT molecular complexity index is 532. The molecule has 0 saturated heterocycles. The Morgan fingerprint density at radius 2 is 2.05 bits per heavy atom. The van der Waals surface area contributed by atoms with Crippen LogP contribution in [0.1, 0.15) is 36.0 Å². The molecule has 0 bridgehead atoms. The van der Waals surface area contributed by atoms with Crippen LogP contribution in [-0.2, 0) is 4.79 Å². The number of amides is 1. The molecule has 6 heteroatoms. The molecular formula is C14H16FNO4. The van der Waals surface area contributed by atoms with E-state index < -0.39 is 29.4 Å². The molecule has 108 valence electrons. The van der Waals surface area contributed by atoms with Crippen molar-refractivity contribution in [3.8, 4) is 5.75 Å². The number of carbonyl (C=O) groups excluding carboxylic acids is 1. The summed E-state index contributed by atoms with van der Waals surface area (Å²) in [5.41, 5.74) is -0.0103. The van der Waals surface area contributed by atoms with Gasteiger partial charge in [-0.05, 0) is 31.4 Å². The first-order chi connectivity index (χ1) is 9.47. The van der Waals surface area contributed by atoms with Crippen molar-refractivity contribution in [2.24, 2.45) is 5.92 Å². The molecule has 1 amide bonds. The van der Waals surface area contributed by atoms with E-state index in [4.69, 9.17) is 5.11 Å². The number of hydrogen-bond donors (Lipinski definition) is 3. The van der Waals surface area contributed by atoms with Gasteiger partial charge in [-0.25, -0.2) is 4.39 Å². The van der Waals surface area contributed by atoms with Gasteiger partial charge in [0.2, 0.25) is 0 Å². The van der Waals surface area contributed by atoms with Gasteiger partial charge in [0.25, 0.3) is 5.91 Å². The molecule has 1 saturated carbocycles. The van der Waals surface area contributed by atoms with E-state index in [9.17, 15) is 19.1 Å². The summed E-state index contributed by atoms with van der Waals surface area (Å²) in [6.45, 7) is 0. The molecule has 1 aromatic carbocycles. The minimum atomic E-state index is -0.853.